The highest BCUT2D eigenvalue weighted by Gasteiger charge is 2.23. The number of rotatable bonds is 3. The molecule has 17 heavy (non-hydrogen) atoms. The Hall–Kier alpha value is -1.62. The van der Waals surface area contributed by atoms with Gasteiger partial charge in [-0.05, 0) is 30.7 Å². The number of hydrogen-bond donors (Lipinski definition) is 2. The van der Waals surface area contributed by atoms with Crippen LogP contribution in [0.25, 0.3) is 0 Å². The van der Waals surface area contributed by atoms with Crippen molar-refractivity contribution in [3.8, 4) is 0 Å². The Kier molecular flexibility index (Phi) is 3.28. The Labute approximate surface area is 103 Å². The summed E-state index contributed by atoms with van der Waals surface area (Å²) in [4.78, 5) is 23.1. The molecule has 1 amide bonds. The van der Waals surface area contributed by atoms with Crippen molar-refractivity contribution in [1.82, 2.24) is 0 Å². The van der Waals surface area contributed by atoms with Crippen LogP contribution in [0.5, 0.6) is 0 Å². The van der Waals surface area contributed by atoms with E-state index >= 15 is 0 Å². The summed E-state index contributed by atoms with van der Waals surface area (Å²) in [6.45, 7) is 1.80. The molecule has 5 heteroatoms. The van der Waals surface area contributed by atoms with Gasteiger partial charge in [-0.3, -0.25) is 4.79 Å². The molecule has 1 heterocycles. The first-order valence-electron chi connectivity index (χ1n) is 5.37. The molecule has 90 valence electrons. The van der Waals surface area contributed by atoms with Gasteiger partial charge in [-0.25, -0.2) is 4.79 Å². The summed E-state index contributed by atoms with van der Waals surface area (Å²) in [5.74, 6) is -1.15. The molecule has 0 unspecified atom stereocenters. The predicted octanol–water partition coefficient (Wildman–Crippen LogP) is 2.66. The zero-order valence-corrected chi connectivity index (χ0v) is 10.2. The maximum absolute atomic E-state index is 11.9. The van der Waals surface area contributed by atoms with Crippen LogP contribution < -0.4 is 5.32 Å². The fourth-order valence-corrected chi connectivity index (χ4v) is 2.66. The Balaban J connectivity index is 2.15. The zero-order valence-electron chi connectivity index (χ0n) is 9.40. The van der Waals surface area contributed by atoms with E-state index in [0.29, 0.717) is 5.69 Å². The van der Waals surface area contributed by atoms with Crippen LogP contribution in [-0.2, 0) is 4.79 Å². The first kappa shape index (κ1) is 11.9. The number of allylic oxidation sites excluding steroid dienone is 2. The van der Waals surface area contributed by atoms with Crippen molar-refractivity contribution >= 4 is 28.9 Å². The van der Waals surface area contributed by atoms with Gasteiger partial charge in [-0.1, -0.05) is 12.2 Å². The highest BCUT2D eigenvalue weighted by atomic mass is 32.1. The summed E-state index contributed by atoms with van der Waals surface area (Å²) in [5.41, 5.74) is 1.24. The number of hydrogen-bond acceptors (Lipinski definition) is 3. The molecule has 1 aliphatic carbocycles. The molecule has 1 aliphatic rings. The van der Waals surface area contributed by atoms with Crippen molar-refractivity contribution in [3.05, 3.63) is 28.0 Å². The zero-order chi connectivity index (χ0) is 12.4. The number of thiophene rings is 1. The van der Waals surface area contributed by atoms with Gasteiger partial charge in [0.1, 0.15) is 4.88 Å². The van der Waals surface area contributed by atoms with Gasteiger partial charge < -0.3 is 10.4 Å². The Bertz CT molecular complexity index is 482. The summed E-state index contributed by atoms with van der Waals surface area (Å²) in [7, 11) is 0. The van der Waals surface area contributed by atoms with Gasteiger partial charge in [0.25, 0.3) is 0 Å². The van der Waals surface area contributed by atoms with E-state index in [1.54, 1.807) is 12.3 Å². The number of carbonyl (C=O) groups excluding carboxylic acids is 1. The van der Waals surface area contributed by atoms with Crippen LogP contribution in [0.3, 0.4) is 0 Å². The molecule has 0 atom stereocenters. The third-order valence-corrected chi connectivity index (χ3v) is 3.88. The average molecular weight is 251 g/mol. The molecule has 0 fully saturated rings. The number of carboxylic acids is 1. The van der Waals surface area contributed by atoms with E-state index in [2.05, 4.69) is 5.32 Å². The lowest BCUT2D eigenvalue weighted by Gasteiger charge is -2.11. The lowest BCUT2D eigenvalue weighted by Crippen LogP contribution is -2.21. The summed E-state index contributed by atoms with van der Waals surface area (Å²) in [6, 6.07) is 0. The lowest BCUT2D eigenvalue weighted by molar-refractivity contribution is -0.119. The summed E-state index contributed by atoms with van der Waals surface area (Å²) in [5, 5.41) is 13.5. The van der Waals surface area contributed by atoms with Gasteiger partial charge in [-0.15, -0.1) is 11.3 Å². The van der Waals surface area contributed by atoms with Crippen LogP contribution in [-0.4, -0.2) is 17.0 Å². The molecular formula is C12H13NO3S. The minimum absolute atomic E-state index is 0.0593. The number of nitrogens with one attached hydrogen (secondary N) is 1. The predicted molar refractivity (Wildman–Crippen MR) is 66.5 cm³/mol. The van der Waals surface area contributed by atoms with Crippen molar-refractivity contribution in [2.75, 3.05) is 5.32 Å². The van der Waals surface area contributed by atoms with E-state index in [-0.39, 0.29) is 16.7 Å². The monoisotopic (exact) mass is 251 g/mol. The first-order valence-corrected chi connectivity index (χ1v) is 6.25. The Morgan fingerprint density at radius 3 is 2.65 bits per heavy atom. The summed E-state index contributed by atoms with van der Waals surface area (Å²) in [6.07, 6.45) is 5.42. The SMILES string of the molecule is Cc1csc(C(=O)O)c1NC(=O)C1CC=CC1. The molecule has 0 spiro atoms. The van der Waals surface area contributed by atoms with Crippen LogP contribution in [0.2, 0.25) is 0 Å². The molecule has 2 N–H and O–H groups in total. The largest absolute Gasteiger partial charge is 0.477 e. The molecule has 0 aliphatic heterocycles. The van der Waals surface area contributed by atoms with E-state index < -0.39 is 5.97 Å². The molecule has 1 aromatic rings. The number of amides is 1. The molecule has 4 nitrogen and oxygen atoms in total. The van der Waals surface area contributed by atoms with E-state index in [9.17, 15) is 9.59 Å². The molecule has 2 rings (SSSR count). The van der Waals surface area contributed by atoms with Crippen LogP contribution in [0.15, 0.2) is 17.5 Å². The van der Waals surface area contributed by atoms with Crippen molar-refractivity contribution in [1.29, 1.82) is 0 Å². The molecule has 1 aromatic heterocycles. The second-order valence-corrected chi connectivity index (χ2v) is 4.94. The minimum atomic E-state index is -0.997. The van der Waals surface area contributed by atoms with E-state index in [1.807, 2.05) is 12.2 Å². The van der Waals surface area contributed by atoms with E-state index in [1.165, 1.54) is 0 Å². The third kappa shape index (κ3) is 2.39. The van der Waals surface area contributed by atoms with E-state index in [0.717, 1.165) is 29.7 Å². The van der Waals surface area contributed by atoms with Gasteiger partial charge in [0, 0.05) is 5.92 Å². The quantitative estimate of drug-likeness (QED) is 0.812. The highest BCUT2D eigenvalue weighted by Crippen LogP contribution is 2.29. The Morgan fingerprint density at radius 2 is 2.06 bits per heavy atom. The number of carboxylic acid groups (broad SMARTS) is 1. The number of carbonyl (C=O) groups is 2. The highest BCUT2D eigenvalue weighted by molar-refractivity contribution is 7.12. The number of anilines is 1. The molecule has 0 aromatic carbocycles. The smallest absolute Gasteiger partial charge is 0.348 e. The van der Waals surface area contributed by atoms with Crippen molar-refractivity contribution in [3.63, 3.8) is 0 Å². The molecule has 0 saturated heterocycles. The maximum Gasteiger partial charge on any atom is 0.348 e. The maximum atomic E-state index is 11.9. The van der Waals surface area contributed by atoms with Crippen LogP contribution in [0.1, 0.15) is 28.1 Å². The average Bonchev–Trinajstić information content (AvgIpc) is 2.89. The Morgan fingerprint density at radius 1 is 1.41 bits per heavy atom. The van der Waals surface area contributed by atoms with Gasteiger partial charge in [0.15, 0.2) is 0 Å². The van der Waals surface area contributed by atoms with Crippen LogP contribution in [0, 0.1) is 12.8 Å². The fourth-order valence-electron chi connectivity index (χ4n) is 1.81. The summed E-state index contributed by atoms with van der Waals surface area (Å²) < 4.78 is 0. The van der Waals surface area contributed by atoms with Crippen molar-refractivity contribution in [2.24, 2.45) is 5.92 Å². The first-order chi connectivity index (χ1) is 8.09. The minimum Gasteiger partial charge on any atom is -0.477 e. The van der Waals surface area contributed by atoms with Crippen molar-refractivity contribution in [2.45, 2.75) is 19.8 Å². The molecule has 0 radical (unpaired) electrons. The summed E-state index contributed by atoms with van der Waals surface area (Å²) >= 11 is 1.14. The van der Waals surface area contributed by atoms with Crippen LogP contribution >= 0.6 is 11.3 Å². The van der Waals surface area contributed by atoms with Crippen molar-refractivity contribution < 1.29 is 14.7 Å². The van der Waals surface area contributed by atoms with E-state index in [4.69, 9.17) is 5.11 Å². The topological polar surface area (TPSA) is 66.4 Å². The molecule has 0 bridgehead atoms. The fraction of sp³-hybridized carbons (Fsp3) is 0.333. The molecular weight excluding hydrogens is 238 g/mol. The lowest BCUT2D eigenvalue weighted by atomic mass is 10.1. The van der Waals surface area contributed by atoms with Crippen LogP contribution in [0.4, 0.5) is 5.69 Å². The van der Waals surface area contributed by atoms with Gasteiger partial charge in [0.2, 0.25) is 5.91 Å². The number of aryl methyl sites for hydroxylation is 1. The van der Waals surface area contributed by atoms with Gasteiger partial charge >= 0.3 is 5.97 Å². The third-order valence-electron chi connectivity index (χ3n) is 2.80. The number of aromatic carboxylic acids is 1. The second-order valence-electron chi connectivity index (χ2n) is 4.06. The standard InChI is InChI=1S/C12H13NO3S/c1-7-6-17-10(12(15)16)9(7)13-11(14)8-4-2-3-5-8/h2-3,6,8H,4-5H2,1H3,(H,13,14)(H,15,16). The van der Waals surface area contributed by atoms with Gasteiger partial charge in [-0.2, -0.15) is 0 Å². The molecule has 0 saturated carbocycles. The normalized spacial score (nSPS) is 15.1. The van der Waals surface area contributed by atoms with Gasteiger partial charge in [0.05, 0.1) is 5.69 Å². The second kappa shape index (κ2) is 4.71.